The van der Waals surface area contributed by atoms with Crippen LogP contribution < -0.4 is 5.32 Å². The maximum Gasteiger partial charge on any atom is 0.271 e. The first-order valence-corrected chi connectivity index (χ1v) is 5.80. The molecular formula is C13H20N2O3. The van der Waals surface area contributed by atoms with Gasteiger partial charge in [0.1, 0.15) is 0 Å². The Balaban J connectivity index is 3.11. The second kappa shape index (κ2) is 4.57. The van der Waals surface area contributed by atoms with Crippen LogP contribution in [0.5, 0.6) is 0 Å². The zero-order valence-corrected chi connectivity index (χ0v) is 11.4. The van der Waals surface area contributed by atoms with Gasteiger partial charge >= 0.3 is 0 Å². The van der Waals surface area contributed by atoms with Crippen LogP contribution in [0, 0.1) is 17.0 Å². The van der Waals surface area contributed by atoms with Crippen LogP contribution in [0.4, 0.5) is 11.4 Å². The van der Waals surface area contributed by atoms with E-state index in [-0.39, 0.29) is 5.69 Å². The van der Waals surface area contributed by atoms with E-state index in [0.29, 0.717) is 5.69 Å². The third-order valence-corrected chi connectivity index (χ3v) is 3.41. The first kappa shape index (κ1) is 14.4. The molecule has 0 aliphatic rings. The molecule has 2 N–H and O–H groups in total. The number of nitro groups is 1. The number of aliphatic hydroxyl groups is 1. The Morgan fingerprint density at radius 1 is 1.28 bits per heavy atom. The molecule has 0 spiro atoms. The normalized spacial score (nSPS) is 12.3. The summed E-state index contributed by atoms with van der Waals surface area (Å²) in [6.07, 6.45) is 0. The molecule has 1 aromatic rings. The van der Waals surface area contributed by atoms with E-state index in [1.165, 1.54) is 12.1 Å². The van der Waals surface area contributed by atoms with Gasteiger partial charge in [-0.3, -0.25) is 10.1 Å². The van der Waals surface area contributed by atoms with Gasteiger partial charge in [-0.2, -0.15) is 0 Å². The average molecular weight is 252 g/mol. The number of non-ortho nitro benzene ring substituents is 1. The molecule has 0 radical (unpaired) electrons. The molecule has 0 aromatic heterocycles. The second-order valence-electron chi connectivity index (χ2n) is 5.57. The van der Waals surface area contributed by atoms with Crippen LogP contribution in [0.1, 0.15) is 33.3 Å². The van der Waals surface area contributed by atoms with Gasteiger partial charge in [0.15, 0.2) is 0 Å². The molecular weight excluding hydrogens is 232 g/mol. The lowest BCUT2D eigenvalue weighted by Crippen LogP contribution is -2.51. The zero-order valence-electron chi connectivity index (χ0n) is 11.4. The van der Waals surface area contributed by atoms with Gasteiger partial charge in [0.25, 0.3) is 5.69 Å². The molecule has 100 valence electrons. The minimum Gasteiger partial charge on any atom is -0.388 e. The first-order valence-electron chi connectivity index (χ1n) is 5.80. The van der Waals surface area contributed by atoms with Crippen molar-refractivity contribution in [2.75, 3.05) is 5.32 Å². The number of nitro benzene ring substituents is 1. The Morgan fingerprint density at radius 3 is 2.28 bits per heavy atom. The summed E-state index contributed by atoms with van der Waals surface area (Å²) in [5.41, 5.74) is 0.0423. The van der Waals surface area contributed by atoms with Gasteiger partial charge in [0, 0.05) is 17.8 Å². The Hall–Kier alpha value is -1.62. The van der Waals surface area contributed by atoms with Crippen molar-refractivity contribution in [3.8, 4) is 0 Å². The fraction of sp³-hybridized carbons (Fsp3) is 0.538. The van der Waals surface area contributed by atoms with Crippen molar-refractivity contribution in [3.63, 3.8) is 0 Å². The molecule has 18 heavy (non-hydrogen) atoms. The number of hydrogen-bond donors (Lipinski definition) is 2. The molecule has 0 bridgehead atoms. The van der Waals surface area contributed by atoms with E-state index >= 15 is 0 Å². The van der Waals surface area contributed by atoms with E-state index in [9.17, 15) is 15.2 Å². The Morgan fingerprint density at radius 2 is 1.83 bits per heavy atom. The fourth-order valence-corrected chi connectivity index (χ4v) is 1.35. The number of hydrogen-bond acceptors (Lipinski definition) is 4. The quantitative estimate of drug-likeness (QED) is 0.638. The maximum absolute atomic E-state index is 10.8. The van der Waals surface area contributed by atoms with Gasteiger partial charge in [-0.15, -0.1) is 0 Å². The number of nitrogens with zero attached hydrogens (tertiary/aromatic N) is 1. The van der Waals surface area contributed by atoms with Crippen molar-refractivity contribution in [3.05, 3.63) is 33.9 Å². The number of benzene rings is 1. The molecule has 0 atom stereocenters. The second-order valence-corrected chi connectivity index (χ2v) is 5.57. The monoisotopic (exact) mass is 252 g/mol. The summed E-state index contributed by atoms with van der Waals surface area (Å²) >= 11 is 0. The fourth-order valence-electron chi connectivity index (χ4n) is 1.35. The van der Waals surface area contributed by atoms with E-state index in [0.717, 1.165) is 5.56 Å². The van der Waals surface area contributed by atoms with Crippen LogP contribution in [0.3, 0.4) is 0 Å². The summed E-state index contributed by atoms with van der Waals surface area (Å²) in [5.74, 6) is 0. The highest BCUT2D eigenvalue weighted by Gasteiger charge is 2.35. The SMILES string of the molecule is Cc1ccc([N+](=O)[O-])cc1NC(C)(C)C(C)(C)O. The smallest absolute Gasteiger partial charge is 0.271 e. The number of nitrogens with one attached hydrogen (secondary N) is 1. The number of aryl methyl sites for hydroxylation is 1. The number of rotatable bonds is 4. The van der Waals surface area contributed by atoms with Crippen LogP contribution in [-0.4, -0.2) is 21.2 Å². The van der Waals surface area contributed by atoms with E-state index in [4.69, 9.17) is 0 Å². The highest BCUT2D eigenvalue weighted by Crippen LogP contribution is 2.29. The van der Waals surface area contributed by atoms with Crippen LogP contribution in [0.15, 0.2) is 18.2 Å². The molecule has 0 fully saturated rings. The molecule has 1 aromatic carbocycles. The molecule has 0 aliphatic heterocycles. The van der Waals surface area contributed by atoms with Crippen molar-refractivity contribution in [1.29, 1.82) is 0 Å². The summed E-state index contributed by atoms with van der Waals surface area (Å²) < 4.78 is 0. The van der Waals surface area contributed by atoms with Crippen molar-refractivity contribution in [1.82, 2.24) is 0 Å². The average Bonchev–Trinajstić information content (AvgIpc) is 2.18. The van der Waals surface area contributed by atoms with Gasteiger partial charge in [-0.25, -0.2) is 0 Å². The minimum atomic E-state index is -0.954. The Kier molecular flexibility index (Phi) is 3.67. The first-order chi connectivity index (χ1) is 8.04. The van der Waals surface area contributed by atoms with E-state index in [2.05, 4.69) is 5.32 Å². The molecule has 0 aliphatic carbocycles. The largest absolute Gasteiger partial charge is 0.388 e. The summed E-state index contributed by atoms with van der Waals surface area (Å²) in [4.78, 5) is 10.3. The van der Waals surface area contributed by atoms with E-state index < -0.39 is 16.1 Å². The third kappa shape index (κ3) is 2.98. The topological polar surface area (TPSA) is 75.4 Å². The van der Waals surface area contributed by atoms with Crippen molar-refractivity contribution in [2.24, 2.45) is 0 Å². The van der Waals surface area contributed by atoms with E-state index in [1.54, 1.807) is 19.9 Å². The van der Waals surface area contributed by atoms with Crippen molar-refractivity contribution < 1.29 is 10.0 Å². The molecule has 0 unspecified atom stereocenters. The Labute approximate surface area is 107 Å². The lowest BCUT2D eigenvalue weighted by molar-refractivity contribution is -0.384. The molecule has 1 rings (SSSR count). The van der Waals surface area contributed by atoms with Crippen LogP contribution in [0.25, 0.3) is 0 Å². The molecule has 0 amide bonds. The predicted molar refractivity (Wildman–Crippen MR) is 71.8 cm³/mol. The maximum atomic E-state index is 10.8. The lowest BCUT2D eigenvalue weighted by atomic mass is 9.85. The summed E-state index contributed by atoms with van der Waals surface area (Å²) in [5, 5.41) is 24.0. The minimum absolute atomic E-state index is 0.0367. The Bertz CT molecular complexity index is 462. The highest BCUT2D eigenvalue weighted by atomic mass is 16.6. The molecule has 0 heterocycles. The van der Waals surface area contributed by atoms with Crippen molar-refractivity contribution >= 4 is 11.4 Å². The standard InChI is InChI=1S/C13H20N2O3/c1-9-6-7-10(15(17)18)8-11(9)14-12(2,3)13(4,5)16/h6-8,14,16H,1-5H3. The summed E-state index contributed by atoms with van der Waals surface area (Å²) in [7, 11) is 0. The van der Waals surface area contributed by atoms with Crippen molar-refractivity contribution in [2.45, 2.75) is 45.8 Å². The van der Waals surface area contributed by atoms with Gasteiger partial charge in [-0.05, 0) is 40.2 Å². The van der Waals surface area contributed by atoms with Crippen LogP contribution >= 0.6 is 0 Å². The predicted octanol–water partition coefficient (Wildman–Crippen LogP) is 2.86. The van der Waals surface area contributed by atoms with Gasteiger partial charge in [0.05, 0.1) is 16.1 Å². The van der Waals surface area contributed by atoms with Crippen LogP contribution in [-0.2, 0) is 0 Å². The van der Waals surface area contributed by atoms with Gasteiger partial charge in [0.2, 0.25) is 0 Å². The highest BCUT2D eigenvalue weighted by molar-refractivity contribution is 5.58. The van der Waals surface area contributed by atoms with Crippen LogP contribution in [0.2, 0.25) is 0 Å². The summed E-state index contributed by atoms with van der Waals surface area (Å²) in [6.45, 7) is 8.97. The van der Waals surface area contributed by atoms with Gasteiger partial charge < -0.3 is 10.4 Å². The molecule has 5 heteroatoms. The van der Waals surface area contributed by atoms with E-state index in [1.807, 2.05) is 20.8 Å². The third-order valence-electron chi connectivity index (χ3n) is 3.41. The molecule has 0 saturated carbocycles. The molecule has 0 saturated heterocycles. The van der Waals surface area contributed by atoms with Gasteiger partial charge in [-0.1, -0.05) is 6.07 Å². The summed E-state index contributed by atoms with van der Waals surface area (Å²) in [6, 6.07) is 4.65. The number of anilines is 1. The lowest BCUT2D eigenvalue weighted by Gasteiger charge is -2.39. The molecule has 5 nitrogen and oxygen atoms in total. The zero-order chi connectivity index (χ0) is 14.1.